The van der Waals surface area contributed by atoms with Gasteiger partial charge >= 0.3 is 0 Å². The van der Waals surface area contributed by atoms with Crippen LogP contribution in [0.1, 0.15) is 0 Å². The lowest BCUT2D eigenvalue weighted by Gasteiger charge is -1.34. The van der Waals surface area contributed by atoms with Crippen molar-refractivity contribution in [2.24, 2.45) is 0 Å². The smallest absolute Gasteiger partial charge is 0.290 e. The van der Waals surface area contributed by atoms with Crippen LogP contribution in [0.5, 0.6) is 0 Å². The Morgan fingerprint density at radius 2 is 2.00 bits per heavy atom. The van der Waals surface area contributed by atoms with E-state index in [1.807, 2.05) is 0 Å². The second-order valence-corrected chi connectivity index (χ2v) is 0.439. The molecule has 0 aliphatic carbocycles. The molecular formula is C4H5NO2. The Morgan fingerprint density at radius 1 is 1.86 bits per heavy atom. The molecule has 0 aromatic rings. The summed E-state index contributed by atoms with van der Waals surface area (Å²) in [7, 11) is 0. The molecule has 3 heteroatoms. The summed E-state index contributed by atoms with van der Waals surface area (Å²) in [6, 6.07) is 1.69. The lowest BCUT2D eigenvalue weighted by atomic mass is 10.8. The molecular weight excluding hydrogens is 94.0 g/mol. The van der Waals surface area contributed by atoms with Gasteiger partial charge in [-0.1, -0.05) is 6.58 Å². The zero-order valence-electron chi connectivity index (χ0n) is 3.66. The summed E-state index contributed by atoms with van der Waals surface area (Å²) in [6.07, 6.45) is 1.18. The Labute approximate surface area is 41.5 Å². The Hall–Kier alpha value is -1.30. The fourth-order valence-electron chi connectivity index (χ4n) is 0. The van der Waals surface area contributed by atoms with E-state index in [1.54, 1.807) is 6.07 Å². The average Bonchev–Trinajstić information content (AvgIpc) is 1.69. The van der Waals surface area contributed by atoms with Crippen LogP contribution in [0.3, 0.4) is 0 Å². The predicted octanol–water partition coefficient (Wildman–Crippen LogP) is 0.397. The molecule has 0 radical (unpaired) electrons. The number of carbonyl (C=O) groups is 1. The summed E-state index contributed by atoms with van der Waals surface area (Å²) < 4.78 is 0. The number of nitriles is 1. The van der Waals surface area contributed by atoms with Crippen molar-refractivity contribution in [3.8, 4) is 6.07 Å². The fraction of sp³-hybridized carbons (Fsp3) is 0. The standard InChI is InChI=1S/C3H3N.CH2O2/c1-2-3-4;2-1-3/h2H,1H2;1H,(H,2,3). The van der Waals surface area contributed by atoms with Gasteiger partial charge in [0.1, 0.15) is 0 Å². The van der Waals surface area contributed by atoms with Crippen molar-refractivity contribution in [3.05, 3.63) is 12.7 Å². The van der Waals surface area contributed by atoms with E-state index >= 15 is 0 Å². The molecule has 0 amide bonds. The molecule has 0 aliphatic heterocycles. The monoisotopic (exact) mass is 99.0 g/mol. The second-order valence-electron chi connectivity index (χ2n) is 0.439. The minimum absolute atomic E-state index is 0.250. The van der Waals surface area contributed by atoms with Crippen molar-refractivity contribution >= 4 is 6.47 Å². The van der Waals surface area contributed by atoms with Gasteiger partial charge in [-0.3, -0.25) is 4.79 Å². The molecule has 0 atom stereocenters. The molecule has 38 valence electrons. The molecule has 1 N–H and O–H groups in total. The maximum absolute atomic E-state index is 8.36. The van der Waals surface area contributed by atoms with E-state index in [1.165, 1.54) is 6.08 Å². The summed E-state index contributed by atoms with van der Waals surface area (Å²) in [4.78, 5) is 8.36. The molecule has 0 aliphatic rings. The third-order valence-electron chi connectivity index (χ3n) is 0.0913. The van der Waals surface area contributed by atoms with Crippen LogP contribution < -0.4 is 0 Å². The van der Waals surface area contributed by atoms with Crippen molar-refractivity contribution in [2.45, 2.75) is 0 Å². The third-order valence-corrected chi connectivity index (χ3v) is 0.0913. The number of hydrogen-bond acceptors (Lipinski definition) is 2. The van der Waals surface area contributed by atoms with E-state index in [0.717, 1.165) is 0 Å². The maximum Gasteiger partial charge on any atom is 0.290 e. The van der Waals surface area contributed by atoms with Crippen LogP contribution in [-0.4, -0.2) is 11.6 Å². The van der Waals surface area contributed by atoms with Crippen molar-refractivity contribution in [3.63, 3.8) is 0 Å². The summed E-state index contributed by atoms with van der Waals surface area (Å²) in [5.74, 6) is 0. The fourth-order valence-corrected chi connectivity index (χ4v) is 0. The second kappa shape index (κ2) is 22.3. The molecule has 0 saturated carbocycles. The first-order valence-corrected chi connectivity index (χ1v) is 1.41. The van der Waals surface area contributed by atoms with Crippen LogP contribution in [0.2, 0.25) is 0 Å². The van der Waals surface area contributed by atoms with Gasteiger partial charge in [0.25, 0.3) is 6.47 Å². The first-order chi connectivity index (χ1) is 3.33. The van der Waals surface area contributed by atoms with Crippen molar-refractivity contribution < 1.29 is 9.90 Å². The third kappa shape index (κ3) is 381. The van der Waals surface area contributed by atoms with Crippen molar-refractivity contribution in [1.29, 1.82) is 5.26 Å². The largest absolute Gasteiger partial charge is 0.483 e. The van der Waals surface area contributed by atoms with Crippen LogP contribution in [0.4, 0.5) is 0 Å². The predicted molar refractivity (Wildman–Crippen MR) is 24.5 cm³/mol. The summed E-state index contributed by atoms with van der Waals surface area (Å²) in [6.45, 7) is 2.87. The van der Waals surface area contributed by atoms with Crippen LogP contribution >= 0.6 is 0 Å². The van der Waals surface area contributed by atoms with Crippen LogP contribution in [0.25, 0.3) is 0 Å². The molecule has 0 fully saturated rings. The topological polar surface area (TPSA) is 61.1 Å². The summed E-state index contributed by atoms with van der Waals surface area (Å²) >= 11 is 0. The van der Waals surface area contributed by atoms with E-state index in [2.05, 4.69) is 6.58 Å². The minimum Gasteiger partial charge on any atom is -0.483 e. The Morgan fingerprint density at radius 3 is 2.00 bits per heavy atom. The SMILES string of the molecule is C=CC#N.O=CO. The lowest BCUT2D eigenvalue weighted by molar-refractivity contribution is -0.122. The van der Waals surface area contributed by atoms with Gasteiger partial charge in [0.15, 0.2) is 0 Å². The number of allylic oxidation sites excluding steroid dienone is 1. The van der Waals surface area contributed by atoms with Crippen molar-refractivity contribution in [2.75, 3.05) is 0 Å². The summed E-state index contributed by atoms with van der Waals surface area (Å²) in [5, 5.41) is 14.4. The molecule has 0 saturated heterocycles. The maximum atomic E-state index is 8.36. The minimum atomic E-state index is -0.250. The molecule has 0 heterocycles. The van der Waals surface area contributed by atoms with Gasteiger partial charge < -0.3 is 5.11 Å². The normalized spacial score (nSPS) is 3.86. The van der Waals surface area contributed by atoms with Gasteiger partial charge in [0.05, 0.1) is 6.07 Å². The number of rotatable bonds is 0. The number of nitrogens with zero attached hydrogens (tertiary/aromatic N) is 1. The van der Waals surface area contributed by atoms with Gasteiger partial charge in [0, 0.05) is 6.08 Å². The molecule has 0 unspecified atom stereocenters. The van der Waals surface area contributed by atoms with Gasteiger partial charge in [-0.05, 0) is 0 Å². The molecule has 7 heavy (non-hydrogen) atoms. The lowest BCUT2D eigenvalue weighted by Crippen LogP contribution is -1.49. The van der Waals surface area contributed by atoms with E-state index in [0.29, 0.717) is 0 Å². The highest BCUT2D eigenvalue weighted by Crippen LogP contribution is 1.41. The van der Waals surface area contributed by atoms with E-state index < -0.39 is 0 Å². The zero-order valence-corrected chi connectivity index (χ0v) is 3.66. The molecule has 0 spiro atoms. The van der Waals surface area contributed by atoms with Crippen molar-refractivity contribution in [1.82, 2.24) is 0 Å². The average molecular weight is 99.1 g/mol. The van der Waals surface area contributed by atoms with Gasteiger partial charge in [-0.15, -0.1) is 0 Å². The van der Waals surface area contributed by atoms with Gasteiger partial charge in [-0.2, -0.15) is 5.26 Å². The van der Waals surface area contributed by atoms with Crippen LogP contribution in [0.15, 0.2) is 12.7 Å². The van der Waals surface area contributed by atoms with Crippen LogP contribution in [-0.2, 0) is 4.79 Å². The van der Waals surface area contributed by atoms with E-state index in [-0.39, 0.29) is 6.47 Å². The highest BCUT2D eigenvalue weighted by atomic mass is 16.3. The Bertz CT molecular complexity index is 82.2. The molecule has 3 nitrogen and oxygen atoms in total. The molecule has 0 aromatic heterocycles. The van der Waals surface area contributed by atoms with Crippen LogP contribution in [0, 0.1) is 11.3 Å². The number of hydrogen-bond donors (Lipinski definition) is 1. The number of carboxylic acid groups (broad SMARTS) is 1. The molecule has 0 bridgehead atoms. The Kier molecular flexibility index (Phi) is 29.3. The molecule has 0 rings (SSSR count). The first-order valence-electron chi connectivity index (χ1n) is 1.41. The highest BCUT2D eigenvalue weighted by Gasteiger charge is 1.34. The van der Waals surface area contributed by atoms with E-state index in [4.69, 9.17) is 15.2 Å². The van der Waals surface area contributed by atoms with Gasteiger partial charge in [0.2, 0.25) is 0 Å². The highest BCUT2D eigenvalue weighted by molar-refractivity contribution is 5.32. The zero-order chi connectivity index (χ0) is 6.12. The molecule has 0 aromatic carbocycles. The Balaban J connectivity index is 0. The summed E-state index contributed by atoms with van der Waals surface area (Å²) in [5.41, 5.74) is 0. The van der Waals surface area contributed by atoms with E-state index in [9.17, 15) is 0 Å². The first kappa shape index (κ1) is 9.20. The van der Waals surface area contributed by atoms with Gasteiger partial charge in [-0.25, -0.2) is 0 Å². The quantitative estimate of drug-likeness (QED) is 0.353.